The Morgan fingerprint density at radius 1 is 1.38 bits per heavy atom. The highest BCUT2D eigenvalue weighted by atomic mass is 19.1. The minimum atomic E-state index is -1.76. The van der Waals surface area contributed by atoms with Crippen molar-refractivity contribution < 1.29 is 28.2 Å². The lowest BCUT2D eigenvalue weighted by atomic mass is 10.1. The maximum Gasteiger partial charge on any atom is 0.411 e. The van der Waals surface area contributed by atoms with E-state index in [1.165, 1.54) is 0 Å². The lowest BCUT2D eigenvalue weighted by Gasteiger charge is -2.07. The quantitative estimate of drug-likeness (QED) is 0.814. The number of hydrogen-bond donors (Lipinski definition) is 2. The highest BCUT2D eigenvalue weighted by Gasteiger charge is 2.20. The van der Waals surface area contributed by atoms with Crippen molar-refractivity contribution in [2.75, 3.05) is 12.4 Å². The van der Waals surface area contributed by atoms with Crippen LogP contribution in [0.2, 0.25) is 0 Å². The number of aromatic carboxylic acids is 1. The number of anilines is 1. The second-order valence-corrected chi connectivity index (χ2v) is 2.71. The molecule has 7 heteroatoms. The summed E-state index contributed by atoms with van der Waals surface area (Å²) in [6.07, 6.45) is -0.984. The molecule has 0 fully saturated rings. The third-order valence-electron chi connectivity index (χ3n) is 1.73. The Bertz CT molecular complexity index is 447. The highest BCUT2D eigenvalue weighted by Crippen LogP contribution is 2.21. The van der Waals surface area contributed by atoms with Gasteiger partial charge in [-0.2, -0.15) is 0 Å². The Morgan fingerprint density at radius 2 is 2.00 bits per heavy atom. The van der Waals surface area contributed by atoms with Gasteiger partial charge in [-0.05, 0) is 12.1 Å². The van der Waals surface area contributed by atoms with Crippen LogP contribution in [-0.2, 0) is 4.74 Å². The van der Waals surface area contributed by atoms with Gasteiger partial charge in [-0.15, -0.1) is 0 Å². The molecule has 0 aliphatic rings. The van der Waals surface area contributed by atoms with Crippen LogP contribution in [0, 0.1) is 11.6 Å². The summed E-state index contributed by atoms with van der Waals surface area (Å²) >= 11 is 0. The number of ether oxygens (including phenoxy) is 1. The molecule has 1 amide bonds. The van der Waals surface area contributed by atoms with Gasteiger partial charge in [-0.3, -0.25) is 5.32 Å². The van der Waals surface area contributed by atoms with Gasteiger partial charge in [0.2, 0.25) is 0 Å². The fourth-order valence-corrected chi connectivity index (χ4v) is 1.01. The maximum absolute atomic E-state index is 13.4. The number of hydrogen-bond acceptors (Lipinski definition) is 3. The number of benzene rings is 1. The predicted molar refractivity (Wildman–Crippen MR) is 49.3 cm³/mol. The minimum absolute atomic E-state index is 0.467. The second-order valence-electron chi connectivity index (χ2n) is 2.71. The van der Waals surface area contributed by atoms with Crippen LogP contribution in [0.25, 0.3) is 0 Å². The number of amides is 1. The van der Waals surface area contributed by atoms with Crippen LogP contribution in [0.4, 0.5) is 19.3 Å². The van der Waals surface area contributed by atoms with Gasteiger partial charge in [0.1, 0.15) is 11.4 Å². The molecule has 1 rings (SSSR count). The van der Waals surface area contributed by atoms with Crippen molar-refractivity contribution in [2.24, 2.45) is 0 Å². The van der Waals surface area contributed by atoms with E-state index in [9.17, 15) is 18.4 Å². The van der Waals surface area contributed by atoms with Crippen LogP contribution in [0.5, 0.6) is 0 Å². The highest BCUT2D eigenvalue weighted by molar-refractivity contribution is 5.92. The van der Waals surface area contributed by atoms with E-state index >= 15 is 0 Å². The molecule has 5 nitrogen and oxygen atoms in total. The lowest BCUT2D eigenvalue weighted by molar-refractivity contribution is 0.0686. The Balaban J connectivity index is 3.18. The van der Waals surface area contributed by atoms with E-state index in [4.69, 9.17) is 5.11 Å². The number of carbonyl (C=O) groups excluding carboxylic acids is 1. The molecule has 0 unspecified atom stereocenters. The van der Waals surface area contributed by atoms with E-state index in [-0.39, 0.29) is 0 Å². The maximum atomic E-state index is 13.4. The number of carboxylic acid groups (broad SMARTS) is 1. The summed E-state index contributed by atoms with van der Waals surface area (Å²) < 4.78 is 30.5. The largest absolute Gasteiger partial charge is 0.477 e. The zero-order valence-electron chi connectivity index (χ0n) is 8.08. The normalized spacial score (nSPS) is 9.69. The first kappa shape index (κ1) is 11.9. The number of nitrogens with one attached hydrogen (secondary N) is 1. The first-order valence-corrected chi connectivity index (χ1v) is 4.03. The molecule has 0 aromatic heterocycles. The van der Waals surface area contributed by atoms with Crippen LogP contribution in [0.3, 0.4) is 0 Å². The average molecular weight is 231 g/mol. The van der Waals surface area contributed by atoms with E-state index in [1.807, 2.05) is 5.32 Å². The standard InChI is InChI=1S/C9H7F2NO4/c1-16-9(15)12-5-3-2-4(10)6(7(5)11)8(13)14/h2-3H,1H3,(H,12,15)(H,13,14). The van der Waals surface area contributed by atoms with Gasteiger partial charge in [0.15, 0.2) is 5.82 Å². The first-order valence-electron chi connectivity index (χ1n) is 4.03. The Kier molecular flexibility index (Phi) is 3.39. The van der Waals surface area contributed by atoms with E-state index < -0.39 is 34.9 Å². The van der Waals surface area contributed by atoms with Crippen LogP contribution >= 0.6 is 0 Å². The van der Waals surface area contributed by atoms with Gasteiger partial charge >= 0.3 is 12.1 Å². The third-order valence-corrected chi connectivity index (χ3v) is 1.73. The lowest BCUT2D eigenvalue weighted by Crippen LogP contribution is -2.14. The van der Waals surface area contributed by atoms with Gasteiger partial charge in [0, 0.05) is 0 Å². The number of carboxylic acids is 1. The second kappa shape index (κ2) is 4.56. The summed E-state index contributed by atoms with van der Waals surface area (Å²) in [5.74, 6) is -4.35. The van der Waals surface area contributed by atoms with E-state index in [0.29, 0.717) is 0 Å². The first-order chi connectivity index (χ1) is 7.47. The van der Waals surface area contributed by atoms with Crippen LogP contribution in [0.1, 0.15) is 10.4 Å². The summed E-state index contributed by atoms with van der Waals surface area (Å²) in [4.78, 5) is 21.3. The van der Waals surface area contributed by atoms with E-state index in [0.717, 1.165) is 19.2 Å². The number of halogens is 2. The third kappa shape index (κ3) is 2.25. The van der Waals surface area contributed by atoms with Crippen molar-refractivity contribution >= 4 is 17.7 Å². The van der Waals surface area contributed by atoms with Crippen molar-refractivity contribution in [3.05, 3.63) is 29.3 Å². The molecule has 1 aromatic rings. The molecule has 0 aliphatic carbocycles. The van der Waals surface area contributed by atoms with E-state index in [2.05, 4.69) is 4.74 Å². The molecule has 0 atom stereocenters. The molecule has 0 saturated heterocycles. The smallest absolute Gasteiger partial charge is 0.411 e. The van der Waals surface area contributed by atoms with Crippen molar-refractivity contribution in [1.29, 1.82) is 0 Å². The van der Waals surface area contributed by atoms with Gasteiger partial charge in [0.05, 0.1) is 12.8 Å². The minimum Gasteiger partial charge on any atom is -0.477 e. The molecule has 0 radical (unpaired) electrons. The Hall–Kier alpha value is -2.18. The molecule has 0 bridgehead atoms. The van der Waals surface area contributed by atoms with Gasteiger partial charge in [0.25, 0.3) is 0 Å². The number of methoxy groups -OCH3 is 1. The van der Waals surface area contributed by atoms with Crippen molar-refractivity contribution in [3.8, 4) is 0 Å². The van der Waals surface area contributed by atoms with Crippen LogP contribution in [-0.4, -0.2) is 24.3 Å². The SMILES string of the molecule is COC(=O)Nc1ccc(F)c(C(=O)O)c1F. The zero-order chi connectivity index (χ0) is 12.3. The van der Waals surface area contributed by atoms with Crippen molar-refractivity contribution in [1.82, 2.24) is 0 Å². The molecule has 86 valence electrons. The van der Waals surface area contributed by atoms with Crippen LogP contribution < -0.4 is 5.32 Å². The van der Waals surface area contributed by atoms with Crippen LogP contribution in [0.15, 0.2) is 12.1 Å². The summed E-state index contributed by atoms with van der Waals surface area (Å²) in [6, 6.07) is 1.63. The number of carbonyl (C=O) groups is 2. The van der Waals surface area contributed by atoms with Gasteiger partial charge in [-0.1, -0.05) is 0 Å². The Morgan fingerprint density at radius 3 is 2.50 bits per heavy atom. The topological polar surface area (TPSA) is 75.6 Å². The molecular weight excluding hydrogens is 224 g/mol. The summed E-state index contributed by atoms with van der Waals surface area (Å²) in [5, 5.41) is 10.5. The fraction of sp³-hybridized carbons (Fsp3) is 0.111. The molecule has 1 aromatic carbocycles. The van der Waals surface area contributed by atoms with Gasteiger partial charge in [-0.25, -0.2) is 18.4 Å². The molecule has 0 aliphatic heterocycles. The molecule has 0 heterocycles. The van der Waals surface area contributed by atoms with Crippen molar-refractivity contribution in [3.63, 3.8) is 0 Å². The van der Waals surface area contributed by atoms with Crippen molar-refractivity contribution in [2.45, 2.75) is 0 Å². The molecule has 2 N–H and O–H groups in total. The monoisotopic (exact) mass is 231 g/mol. The molecule has 16 heavy (non-hydrogen) atoms. The Labute approximate surface area is 88.6 Å². The predicted octanol–water partition coefficient (Wildman–Crippen LogP) is 1.84. The zero-order valence-corrected chi connectivity index (χ0v) is 8.08. The summed E-state index contributed by atoms with van der Waals surface area (Å²) in [7, 11) is 1.05. The number of rotatable bonds is 2. The van der Waals surface area contributed by atoms with E-state index in [1.54, 1.807) is 0 Å². The fourth-order valence-electron chi connectivity index (χ4n) is 1.01. The molecular formula is C9H7F2NO4. The summed E-state index contributed by atoms with van der Waals surface area (Å²) in [5.41, 5.74) is -1.60. The average Bonchev–Trinajstić information content (AvgIpc) is 2.21. The molecule has 0 saturated carbocycles. The van der Waals surface area contributed by atoms with Gasteiger partial charge < -0.3 is 9.84 Å². The summed E-state index contributed by atoms with van der Waals surface area (Å²) in [6.45, 7) is 0. The molecule has 0 spiro atoms.